The van der Waals surface area contributed by atoms with E-state index in [1.165, 1.54) is 24.4 Å². The standard InChI is InChI=1S/C9H9F3N2/c10-9(11,12)5-7-2-1-3-8(4-7)6-14-13/h1-4,6H,5,13H2. The first-order valence-corrected chi connectivity index (χ1v) is 3.90. The van der Waals surface area contributed by atoms with Crippen LogP contribution in [0.1, 0.15) is 11.1 Å². The molecule has 0 heterocycles. The Morgan fingerprint density at radius 1 is 1.36 bits per heavy atom. The van der Waals surface area contributed by atoms with Gasteiger partial charge in [-0.25, -0.2) is 0 Å². The molecule has 0 bridgehead atoms. The molecule has 0 aliphatic rings. The van der Waals surface area contributed by atoms with Crippen LogP contribution in [0.25, 0.3) is 0 Å². The van der Waals surface area contributed by atoms with Crippen molar-refractivity contribution in [2.45, 2.75) is 12.6 Å². The molecule has 76 valence electrons. The maximum atomic E-state index is 12.0. The molecule has 2 N–H and O–H groups in total. The van der Waals surface area contributed by atoms with Gasteiger partial charge in [0, 0.05) is 0 Å². The molecular formula is C9H9F3N2. The molecule has 1 rings (SSSR count). The molecule has 2 nitrogen and oxygen atoms in total. The molecule has 0 aliphatic heterocycles. The van der Waals surface area contributed by atoms with Crippen LogP contribution in [0, 0.1) is 0 Å². The molecule has 0 aliphatic carbocycles. The fourth-order valence-corrected chi connectivity index (χ4v) is 1.10. The van der Waals surface area contributed by atoms with Crippen LogP contribution in [-0.4, -0.2) is 12.4 Å². The van der Waals surface area contributed by atoms with Crippen LogP contribution < -0.4 is 5.84 Å². The topological polar surface area (TPSA) is 38.4 Å². The van der Waals surface area contributed by atoms with Gasteiger partial charge in [0.25, 0.3) is 0 Å². The van der Waals surface area contributed by atoms with E-state index < -0.39 is 12.6 Å². The zero-order chi connectivity index (χ0) is 10.6. The summed E-state index contributed by atoms with van der Waals surface area (Å²) in [5.41, 5.74) is 0.768. The molecule has 0 atom stereocenters. The van der Waals surface area contributed by atoms with Crippen LogP contribution in [0.15, 0.2) is 29.4 Å². The highest BCUT2D eigenvalue weighted by atomic mass is 19.4. The van der Waals surface area contributed by atoms with Crippen LogP contribution >= 0.6 is 0 Å². The van der Waals surface area contributed by atoms with Crippen molar-refractivity contribution < 1.29 is 13.2 Å². The summed E-state index contributed by atoms with van der Waals surface area (Å²) in [6.45, 7) is 0. The average Bonchev–Trinajstić information content (AvgIpc) is 2.02. The normalized spacial score (nSPS) is 12.2. The van der Waals surface area contributed by atoms with E-state index in [1.807, 2.05) is 0 Å². The third-order valence-corrected chi connectivity index (χ3v) is 1.58. The molecule has 0 unspecified atom stereocenters. The molecule has 0 saturated carbocycles. The van der Waals surface area contributed by atoms with Crippen molar-refractivity contribution in [2.75, 3.05) is 0 Å². The summed E-state index contributed by atoms with van der Waals surface area (Å²) in [6, 6.07) is 6.00. The third-order valence-electron chi connectivity index (χ3n) is 1.58. The minimum atomic E-state index is -4.18. The predicted octanol–water partition coefficient (Wildman–Crippen LogP) is 2.08. The Morgan fingerprint density at radius 2 is 2.07 bits per heavy atom. The second-order valence-corrected chi connectivity index (χ2v) is 2.82. The number of rotatable bonds is 2. The molecule has 0 saturated heterocycles. The van der Waals surface area contributed by atoms with Crippen molar-refractivity contribution in [3.63, 3.8) is 0 Å². The van der Waals surface area contributed by atoms with E-state index >= 15 is 0 Å². The van der Waals surface area contributed by atoms with Crippen molar-refractivity contribution >= 4 is 6.21 Å². The van der Waals surface area contributed by atoms with Crippen LogP contribution in [0.2, 0.25) is 0 Å². The highest BCUT2D eigenvalue weighted by molar-refractivity contribution is 5.79. The van der Waals surface area contributed by atoms with Crippen molar-refractivity contribution in [1.82, 2.24) is 0 Å². The van der Waals surface area contributed by atoms with E-state index in [2.05, 4.69) is 5.10 Å². The first-order valence-electron chi connectivity index (χ1n) is 3.90. The Morgan fingerprint density at radius 3 is 2.64 bits per heavy atom. The zero-order valence-corrected chi connectivity index (χ0v) is 7.25. The van der Waals surface area contributed by atoms with Gasteiger partial charge in [0.2, 0.25) is 0 Å². The van der Waals surface area contributed by atoms with Gasteiger partial charge in [-0.1, -0.05) is 18.2 Å². The Bertz CT molecular complexity index is 331. The van der Waals surface area contributed by atoms with Crippen molar-refractivity contribution in [1.29, 1.82) is 0 Å². The SMILES string of the molecule is NN=Cc1cccc(CC(F)(F)F)c1. The molecule has 1 aromatic rings. The van der Waals surface area contributed by atoms with E-state index in [-0.39, 0.29) is 5.56 Å². The lowest BCUT2D eigenvalue weighted by atomic mass is 10.1. The average molecular weight is 202 g/mol. The van der Waals surface area contributed by atoms with Crippen molar-refractivity contribution in [2.24, 2.45) is 10.9 Å². The Kier molecular flexibility index (Phi) is 3.11. The van der Waals surface area contributed by atoms with Gasteiger partial charge in [-0.2, -0.15) is 18.3 Å². The molecule has 5 heteroatoms. The van der Waals surface area contributed by atoms with E-state index in [0.717, 1.165) is 0 Å². The van der Waals surface area contributed by atoms with Gasteiger partial charge < -0.3 is 5.84 Å². The van der Waals surface area contributed by atoms with Gasteiger partial charge in [0.1, 0.15) is 0 Å². The molecular weight excluding hydrogens is 193 g/mol. The van der Waals surface area contributed by atoms with Crippen molar-refractivity contribution in [3.05, 3.63) is 35.4 Å². The van der Waals surface area contributed by atoms with E-state index in [4.69, 9.17) is 5.84 Å². The molecule has 0 radical (unpaired) electrons. The summed E-state index contributed by atoms with van der Waals surface area (Å²) in [5.74, 6) is 4.89. The van der Waals surface area contributed by atoms with Gasteiger partial charge in [-0.15, -0.1) is 0 Å². The highest BCUT2D eigenvalue weighted by Crippen LogP contribution is 2.21. The lowest BCUT2D eigenvalue weighted by Gasteiger charge is -2.06. The number of halogens is 3. The largest absolute Gasteiger partial charge is 0.393 e. The summed E-state index contributed by atoms with van der Waals surface area (Å²) < 4.78 is 36.0. The van der Waals surface area contributed by atoms with Crippen LogP contribution in [0.4, 0.5) is 13.2 Å². The maximum absolute atomic E-state index is 12.0. The van der Waals surface area contributed by atoms with Gasteiger partial charge >= 0.3 is 6.18 Å². The molecule has 0 amide bonds. The molecule has 14 heavy (non-hydrogen) atoms. The lowest BCUT2D eigenvalue weighted by Crippen LogP contribution is -2.11. The smallest absolute Gasteiger partial charge is 0.323 e. The van der Waals surface area contributed by atoms with E-state index in [9.17, 15) is 13.2 Å². The fraction of sp³-hybridized carbons (Fsp3) is 0.222. The summed E-state index contributed by atoms with van der Waals surface area (Å²) >= 11 is 0. The number of benzene rings is 1. The Balaban J connectivity index is 2.84. The minimum absolute atomic E-state index is 0.204. The molecule has 0 aromatic heterocycles. The van der Waals surface area contributed by atoms with Crippen LogP contribution in [0.3, 0.4) is 0 Å². The maximum Gasteiger partial charge on any atom is 0.393 e. The third kappa shape index (κ3) is 3.47. The van der Waals surface area contributed by atoms with E-state index in [1.54, 1.807) is 6.07 Å². The van der Waals surface area contributed by atoms with Gasteiger partial charge in [0.05, 0.1) is 12.6 Å². The van der Waals surface area contributed by atoms with Crippen LogP contribution in [0.5, 0.6) is 0 Å². The number of nitrogens with two attached hydrogens (primary N) is 1. The Hall–Kier alpha value is -1.52. The van der Waals surface area contributed by atoms with Crippen molar-refractivity contribution in [3.8, 4) is 0 Å². The molecule has 0 fully saturated rings. The fourth-order valence-electron chi connectivity index (χ4n) is 1.10. The first-order chi connectivity index (χ1) is 6.51. The Labute approximate surface area is 79.2 Å². The number of nitrogens with zero attached hydrogens (tertiary/aromatic N) is 1. The molecule has 1 aromatic carbocycles. The first kappa shape index (κ1) is 10.6. The quantitative estimate of drug-likeness (QED) is 0.445. The number of hydrogen-bond acceptors (Lipinski definition) is 2. The number of hydrogen-bond donors (Lipinski definition) is 1. The second kappa shape index (κ2) is 4.13. The monoisotopic (exact) mass is 202 g/mol. The molecule has 0 spiro atoms. The van der Waals surface area contributed by atoms with Gasteiger partial charge in [-0.05, 0) is 17.2 Å². The summed E-state index contributed by atoms with van der Waals surface area (Å²) in [7, 11) is 0. The highest BCUT2D eigenvalue weighted by Gasteiger charge is 2.27. The summed E-state index contributed by atoms with van der Waals surface area (Å²) in [4.78, 5) is 0. The lowest BCUT2D eigenvalue weighted by molar-refractivity contribution is -0.127. The van der Waals surface area contributed by atoms with E-state index in [0.29, 0.717) is 5.56 Å². The van der Waals surface area contributed by atoms with Gasteiger partial charge in [0.15, 0.2) is 0 Å². The zero-order valence-electron chi connectivity index (χ0n) is 7.25. The minimum Gasteiger partial charge on any atom is -0.323 e. The van der Waals surface area contributed by atoms with Crippen LogP contribution in [-0.2, 0) is 6.42 Å². The predicted molar refractivity (Wildman–Crippen MR) is 48.0 cm³/mol. The number of alkyl halides is 3. The number of hydrazone groups is 1. The van der Waals surface area contributed by atoms with Gasteiger partial charge in [-0.3, -0.25) is 0 Å². The summed E-state index contributed by atoms with van der Waals surface area (Å²) in [5, 5.41) is 3.24. The second-order valence-electron chi connectivity index (χ2n) is 2.82. The summed E-state index contributed by atoms with van der Waals surface area (Å²) in [6.07, 6.45) is -3.81.